The molecule has 0 saturated carbocycles. The minimum atomic E-state index is -0.0618. The molecule has 1 unspecified atom stereocenters. The summed E-state index contributed by atoms with van der Waals surface area (Å²) >= 11 is 0. The number of hydrogen-bond donors (Lipinski definition) is 1. The van der Waals surface area contributed by atoms with Crippen molar-refractivity contribution in [1.29, 1.82) is 0 Å². The van der Waals surface area contributed by atoms with E-state index in [1.165, 1.54) is 16.3 Å². The van der Waals surface area contributed by atoms with E-state index in [4.69, 9.17) is 4.74 Å². The summed E-state index contributed by atoms with van der Waals surface area (Å²) in [6.45, 7) is 0. The van der Waals surface area contributed by atoms with Gasteiger partial charge in [0.05, 0.1) is 7.11 Å². The Kier molecular flexibility index (Phi) is 4.32. The highest BCUT2D eigenvalue weighted by Gasteiger charge is 2.21. The molecule has 0 bridgehead atoms. The van der Waals surface area contributed by atoms with E-state index in [0.29, 0.717) is 5.75 Å². The second kappa shape index (κ2) is 6.93. The SMILES string of the molecule is COc1ccc(C(c2ccccc2O)c2cccc3ccccc23)cc1. The molecule has 2 heteroatoms. The first kappa shape index (κ1) is 16.2. The van der Waals surface area contributed by atoms with Crippen molar-refractivity contribution in [1.82, 2.24) is 0 Å². The maximum Gasteiger partial charge on any atom is 0.119 e. The van der Waals surface area contributed by atoms with E-state index in [9.17, 15) is 5.11 Å². The summed E-state index contributed by atoms with van der Waals surface area (Å²) in [5.41, 5.74) is 3.19. The van der Waals surface area contributed by atoms with Gasteiger partial charge in [-0.2, -0.15) is 0 Å². The van der Waals surface area contributed by atoms with E-state index in [2.05, 4.69) is 54.6 Å². The van der Waals surface area contributed by atoms with Crippen LogP contribution in [0.4, 0.5) is 0 Å². The fourth-order valence-corrected chi connectivity index (χ4v) is 3.56. The van der Waals surface area contributed by atoms with E-state index in [1.54, 1.807) is 13.2 Å². The van der Waals surface area contributed by atoms with Crippen LogP contribution in [0.25, 0.3) is 10.8 Å². The van der Waals surface area contributed by atoms with Crippen LogP contribution in [0.5, 0.6) is 11.5 Å². The van der Waals surface area contributed by atoms with Crippen LogP contribution in [0, 0.1) is 0 Å². The first-order chi connectivity index (χ1) is 12.8. The third kappa shape index (κ3) is 2.91. The number of rotatable bonds is 4. The number of benzene rings is 4. The molecule has 1 N–H and O–H groups in total. The average Bonchev–Trinajstić information content (AvgIpc) is 2.70. The Labute approximate surface area is 153 Å². The molecule has 0 amide bonds. The van der Waals surface area contributed by atoms with Crippen LogP contribution in [-0.2, 0) is 0 Å². The Balaban J connectivity index is 1.97. The lowest BCUT2D eigenvalue weighted by molar-refractivity contribution is 0.414. The van der Waals surface area contributed by atoms with Gasteiger partial charge in [0.1, 0.15) is 11.5 Å². The summed E-state index contributed by atoms with van der Waals surface area (Å²) < 4.78 is 5.30. The molecule has 0 radical (unpaired) electrons. The molecular weight excluding hydrogens is 320 g/mol. The second-order valence-electron chi connectivity index (χ2n) is 6.33. The van der Waals surface area contributed by atoms with E-state index < -0.39 is 0 Å². The van der Waals surface area contributed by atoms with Gasteiger partial charge in [-0.1, -0.05) is 72.8 Å². The van der Waals surface area contributed by atoms with Crippen molar-refractivity contribution in [2.24, 2.45) is 0 Å². The number of phenols is 1. The highest BCUT2D eigenvalue weighted by Crippen LogP contribution is 2.39. The molecule has 0 fully saturated rings. The molecule has 4 rings (SSSR count). The fraction of sp³-hybridized carbons (Fsp3) is 0.0833. The topological polar surface area (TPSA) is 29.5 Å². The Hall–Kier alpha value is -3.26. The van der Waals surface area contributed by atoms with Gasteiger partial charge in [0.25, 0.3) is 0 Å². The summed E-state index contributed by atoms with van der Waals surface area (Å²) in [6.07, 6.45) is 0. The molecule has 0 heterocycles. The lowest BCUT2D eigenvalue weighted by Gasteiger charge is -2.22. The molecule has 0 aliphatic rings. The van der Waals surface area contributed by atoms with Crippen LogP contribution in [0.3, 0.4) is 0 Å². The number of hydrogen-bond acceptors (Lipinski definition) is 2. The molecule has 1 atom stereocenters. The molecule has 0 aromatic heterocycles. The first-order valence-electron chi connectivity index (χ1n) is 8.67. The predicted molar refractivity (Wildman–Crippen MR) is 106 cm³/mol. The van der Waals surface area contributed by atoms with Crippen molar-refractivity contribution in [2.75, 3.05) is 7.11 Å². The zero-order chi connectivity index (χ0) is 17.9. The van der Waals surface area contributed by atoms with E-state index >= 15 is 0 Å². The van der Waals surface area contributed by atoms with Gasteiger partial charge in [0, 0.05) is 11.5 Å². The smallest absolute Gasteiger partial charge is 0.119 e. The predicted octanol–water partition coefficient (Wildman–Crippen LogP) is 5.73. The van der Waals surface area contributed by atoms with Crippen LogP contribution < -0.4 is 4.74 Å². The van der Waals surface area contributed by atoms with Crippen LogP contribution in [0.15, 0.2) is 91.0 Å². The van der Waals surface area contributed by atoms with Crippen LogP contribution in [-0.4, -0.2) is 12.2 Å². The lowest BCUT2D eigenvalue weighted by Crippen LogP contribution is -2.04. The van der Waals surface area contributed by atoms with E-state index in [1.807, 2.05) is 30.3 Å². The average molecular weight is 340 g/mol. The van der Waals surface area contributed by atoms with Gasteiger partial charge in [0.2, 0.25) is 0 Å². The minimum absolute atomic E-state index is 0.0618. The van der Waals surface area contributed by atoms with Crippen molar-refractivity contribution in [3.8, 4) is 11.5 Å². The first-order valence-corrected chi connectivity index (χ1v) is 8.67. The Morgan fingerprint density at radius 3 is 2.12 bits per heavy atom. The number of fused-ring (bicyclic) bond motifs is 1. The lowest BCUT2D eigenvalue weighted by atomic mass is 9.82. The normalized spacial score (nSPS) is 12.0. The van der Waals surface area contributed by atoms with Gasteiger partial charge in [-0.3, -0.25) is 0 Å². The highest BCUT2D eigenvalue weighted by molar-refractivity contribution is 5.87. The summed E-state index contributed by atoms with van der Waals surface area (Å²) in [4.78, 5) is 0. The van der Waals surface area contributed by atoms with Gasteiger partial charge in [-0.15, -0.1) is 0 Å². The zero-order valence-corrected chi connectivity index (χ0v) is 14.6. The molecule has 0 aliphatic carbocycles. The van der Waals surface area contributed by atoms with Crippen LogP contribution >= 0.6 is 0 Å². The number of para-hydroxylation sites is 1. The van der Waals surface area contributed by atoms with Crippen LogP contribution in [0.2, 0.25) is 0 Å². The minimum Gasteiger partial charge on any atom is -0.508 e. The van der Waals surface area contributed by atoms with Gasteiger partial charge in [-0.05, 0) is 40.1 Å². The van der Waals surface area contributed by atoms with Crippen LogP contribution in [0.1, 0.15) is 22.6 Å². The largest absolute Gasteiger partial charge is 0.508 e. The molecule has 0 saturated heterocycles. The molecule has 26 heavy (non-hydrogen) atoms. The van der Waals surface area contributed by atoms with Crippen molar-refractivity contribution < 1.29 is 9.84 Å². The Bertz CT molecular complexity index is 1030. The molecule has 2 nitrogen and oxygen atoms in total. The standard InChI is InChI=1S/C24H20O2/c1-26-19-15-13-18(14-16-19)24(22-10-4-5-12-23(22)25)21-11-6-8-17-7-2-3-9-20(17)21/h2-16,24-25H,1H3. The van der Waals surface area contributed by atoms with Gasteiger partial charge in [-0.25, -0.2) is 0 Å². The third-order valence-electron chi connectivity index (χ3n) is 4.83. The highest BCUT2D eigenvalue weighted by atomic mass is 16.5. The summed E-state index contributed by atoms with van der Waals surface area (Å²) in [6, 6.07) is 30.3. The van der Waals surface area contributed by atoms with Crippen molar-refractivity contribution >= 4 is 10.8 Å². The number of phenolic OH excluding ortho intramolecular Hbond substituents is 1. The van der Waals surface area contributed by atoms with Gasteiger partial charge >= 0.3 is 0 Å². The number of ether oxygens (including phenoxy) is 1. The molecule has 0 aliphatic heterocycles. The molecular formula is C24H20O2. The summed E-state index contributed by atoms with van der Waals surface area (Å²) in [5, 5.41) is 12.9. The molecule has 0 spiro atoms. The maximum absolute atomic E-state index is 10.6. The number of aromatic hydroxyl groups is 1. The van der Waals surface area contributed by atoms with E-state index in [-0.39, 0.29) is 5.92 Å². The third-order valence-corrected chi connectivity index (χ3v) is 4.83. The zero-order valence-electron chi connectivity index (χ0n) is 14.6. The van der Waals surface area contributed by atoms with Crippen molar-refractivity contribution in [3.63, 3.8) is 0 Å². The van der Waals surface area contributed by atoms with Crippen molar-refractivity contribution in [3.05, 3.63) is 108 Å². The van der Waals surface area contributed by atoms with Crippen molar-refractivity contribution in [2.45, 2.75) is 5.92 Å². The fourth-order valence-electron chi connectivity index (χ4n) is 3.56. The monoisotopic (exact) mass is 340 g/mol. The Morgan fingerprint density at radius 2 is 1.35 bits per heavy atom. The van der Waals surface area contributed by atoms with E-state index in [0.717, 1.165) is 16.9 Å². The second-order valence-corrected chi connectivity index (χ2v) is 6.33. The number of methoxy groups -OCH3 is 1. The molecule has 4 aromatic carbocycles. The quantitative estimate of drug-likeness (QED) is 0.480. The van der Waals surface area contributed by atoms with Gasteiger partial charge in [0.15, 0.2) is 0 Å². The summed E-state index contributed by atoms with van der Waals surface area (Å²) in [7, 11) is 1.67. The summed E-state index contributed by atoms with van der Waals surface area (Å²) in [5.74, 6) is 1.07. The molecule has 4 aromatic rings. The molecule has 128 valence electrons. The van der Waals surface area contributed by atoms with Gasteiger partial charge < -0.3 is 9.84 Å². The maximum atomic E-state index is 10.6. The Morgan fingerprint density at radius 1 is 0.692 bits per heavy atom.